The summed E-state index contributed by atoms with van der Waals surface area (Å²) in [5.74, 6) is -1.50. The number of ketones is 2. The van der Waals surface area contributed by atoms with Crippen LogP contribution in [0.3, 0.4) is 0 Å². The highest BCUT2D eigenvalue weighted by Gasteiger charge is 2.24. The minimum absolute atomic E-state index is 0.168. The lowest BCUT2D eigenvalue weighted by molar-refractivity contribution is -0.134. The highest BCUT2D eigenvalue weighted by molar-refractivity contribution is 6.43. The minimum Gasteiger partial charge on any atom is -0.290 e. The molecule has 0 aromatic carbocycles. The summed E-state index contributed by atoms with van der Waals surface area (Å²) >= 11 is 0. The average molecular weight is 181 g/mol. The molecule has 0 N–H and O–H groups in total. The summed E-state index contributed by atoms with van der Waals surface area (Å²) in [6.07, 6.45) is 2.03. The molecule has 0 heterocycles. The predicted molar refractivity (Wildman–Crippen MR) is 48.9 cm³/mol. The number of hydrogen-bond donors (Lipinski definition) is 0. The van der Waals surface area contributed by atoms with Gasteiger partial charge in [-0.15, -0.1) is 0 Å². The van der Waals surface area contributed by atoms with Gasteiger partial charge in [-0.3, -0.25) is 9.59 Å². The molecule has 3 nitrogen and oxygen atoms in total. The highest BCUT2D eigenvalue weighted by Crippen LogP contribution is 2.26. The molecule has 0 amide bonds. The number of carbonyl (C=O) groups excluding carboxylic acids is 2. The third-order valence-corrected chi connectivity index (χ3v) is 1.92. The van der Waals surface area contributed by atoms with Gasteiger partial charge >= 0.3 is 0 Å². The quantitative estimate of drug-likeness (QED) is 0.480. The second-order valence-electron chi connectivity index (χ2n) is 3.96. The largest absolute Gasteiger partial charge is 0.297 e. The fourth-order valence-electron chi connectivity index (χ4n) is 1.34. The van der Waals surface area contributed by atoms with Crippen molar-refractivity contribution in [1.29, 1.82) is 5.26 Å². The molecule has 0 spiro atoms. The van der Waals surface area contributed by atoms with Crippen molar-refractivity contribution >= 4 is 11.6 Å². The lowest BCUT2D eigenvalue weighted by Gasteiger charge is -2.21. The molecule has 13 heavy (non-hydrogen) atoms. The molecule has 0 aromatic rings. The van der Waals surface area contributed by atoms with Gasteiger partial charge in [-0.1, -0.05) is 27.2 Å². The Hall–Kier alpha value is -1.17. The van der Waals surface area contributed by atoms with Crippen LogP contribution in [0.4, 0.5) is 0 Å². The maximum Gasteiger partial charge on any atom is 0.297 e. The van der Waals surface area contributed by atoms with Gasteiger partial charge in [0.15, 0.2) is 0 Å². The van der Waals surface area contributed by atoms with Gasteiger partial charge in [-0.25, -0.2) is 0 Å². The Morgan fingerprint density at radius 3 is 2.31 bits per heavy atom. The monoisotopic (exact) mass is 181 g/mol. The number of rotatable bonds is 5. The Morgan fingerprint density at radius 1 is 1.38 bits per heavy atom. The Labute approximate surface area is 78.7 Å². The van der Waals surface area contributed by atoms with E-state index in [1.54, 1.807) is 0 Å². The normalized spacial score (nSPS) is 10.6. The van der Waals surface area contributed by atoms with Crippen molar-refractivity contribution in [3.05, 3.63) is 0 Å². The third-order valence-electron chi connectivity index (χ3n) is 1.92. The van der Waals surface area contributed by atoms with Crippen molar-refractivity contribution in [2.75, 3.05) is 0 Å². The van der Waals surface area contributed by atoms with Crippen LogP contribution in [0.5, 0.6) is 0 Å². The first-order valence-corrected chi connectivity index (χ1v) is 4.40. The Bertz CT molecular complexity index is 248. The Kier molecular flexibility index (Phi) is 4.33. The summed E-state index contributed by atoms with van der Waals surface area (Å²) in [7, 11) is 0. The summed E-state index contributed by atoms with van der Waals surface area (Å²) in [6.45, 7) is 5.89. The van der Waals surface area contributed by atoms with Crippen LogP contribution in [0.2, 0.25) is 0 Å². The first-order valence-electron chi connectivity index (χ1n) is 4.40. The molecular formula is C10H15NO2. The predicted octanol–water partition coefficient (Wildman–Crippen LogP) is 1.86. The maximum atomic E-state index is 11.1. The van der Waals surface area contributed by atoms with Gasteiger partial charge in [0.25, 0.3) is 5.78 Å². The van der Waals surface area contributed by atoms with Crippen LogP contribution in [-0.2, 0) is 9.59 Å². The van der Waals surface area contributed by atoms with E-state index in [9.17, 15) is 9.59 Å². The topological polar surface area (TPSA) is 57.9 Å². The van der Waals surface area contributed by atoms with Crippen molar-refractivity contribution in [3.8, 4) is 6.07 Å². The molecule has 0 bridgehead atoms. The molecular weight excluding hydrogens is 166 g/mol. The van der Waals surface area contributed by atoms with Crippen molar-refractivity contribution in [2.45, 2.75) is 40.0 Å². The van der Waals surface area contributed by atoms with Gasteiger partial charge in [0.1, 0.15) is 6.07 Å². The van der Waals surface area contributed by atoms with E-state index >= 15 is 0 Å². The van der Waals surface area contributed by atoms with Crippen molar-refractivity contribution in [2.24, 2.45) is 5.41 Å². The number of carbonyl (C=O) groups is 2. The van der Waals surface area contributed by atoms with Gasteiger partial charge < -0.3 is 0 Å². The van der Waals surface area contributed by atoms with E-state index in [-0.39, 0.29) is 11.8 Å². The molecule has 0 aromatic heterocycles. The zero-order valence-electron chi connectivity index (χ0n) is 8.39. The van der Waals surface area contributed by atoms with Crippen molar-refractivity contribution < 1.29 is 9.59 Å². The number of nitriles is 1. The summed E-state index contributed by atoms with van der Waals surface area (Å²) < 4.78 is 0. The second kappa shape index (κ2) is 4.76. The van der Waals surface area contributed by atoms with Gasteiger partial charge in [0.2, 0.25) is 5.78 Å². The SMILES string of the molecule is CCCC(C)(C)CC(=O)C(=O)C#N. The van der Waals surface area contributed by atoms with Gasteiger partial charge in [-0.05, 0) is 11.8 Å². The van der Waals surface area contributed by atoms with Gasteiger partial charge in [0, 0.05) is 6.42 Å². The summed E-state index contributed by atoms with van der Waals surface area (Å²) in [5, 5.41) is 8.21. The lowest BCUT2D eigenvalue weighted by Crippen LogP contribution is -2.21. The van der Waals surface area contributed by atoms with E-state index in [0.717, 1.165) is 12.8 Å². The molecule has 0 atom stereocenters. The highest BCUT2D eigenvalue weighted by atomic mass is 16.2. The van der Waals surface area contributed by atoms with Crippen molar-refractivity contribution in [1.82, 2.24) is 0 Å². The molecule has 0 rings (SSSR count). The molecule has 72 valence electrons. The third kappa shape index (κ3) is 4.41. The van der Waals surface area contributed by atoms with Crippen LogP contribution in [0.1, 0.15) is 40.0 Å². The number of hydrogen-bond acceptors (Lipinski definition) is 3. The maximum absolute atomic E-state index is 11.1. The Balaban J connectivity index is 4.21. The van der Waals surface area contributed by atoms with Crippen LogP contribution >= 0.6 is 0 Å². The van der Waals surface area contributed by atoms with E-state index in [1.807, 2.05) is 20.8 Å². The second-order valence-corrected chi connectivity index (χ2v) is 3.96. The van der Waals surface area contributed by atoms with Crippen LogP contribution < -0.4 is 0 Å². The first-order chi connectivity index (χ1) is 5.93. The van der Waals surface area contributed by atoms with Crippen molar-refractivity contribution in [3.63, 3.8) is 0 Å². The zero-order valence-corrected chi connectivity index (χ0v) is 8.39. The van der Waals surface area contributed by atoms with Crippen LogP contribution in [0.15, 0.2) is 0 Å². The standard InChI is InChI=1S/C10H15NO2/c1-4-5-10(2,3)6-8(12)9(13)7-11/h4-6H2,1-3H3. The summed E-state index contributed by atoms with van der Waals surface area (Å²) in [6, 6.07) is 1.34. The van der Waals surface area contributed by atoms with E-state index in [2.05, 4.69) is 0 Å². The van der Waals surface area contributed by atoms with E-state index in [4.69, 9.17) is 5.26 Å². The Morgan fingerprint density at radius 2 is 1.92 bits per heavy atom. The van der Waals surface area contributed by atoms with Gasteiger partial charge in [0.05, 0.1) is 0 Å². The minimum atomic E-state index is -0.927. The molecule has 0 aliphatic carbocycles. The number of Topliss-reactive ketones (excluding diaryl/α,β-unsaturated/α-hetero) is 2. The summed E-state index contributed by atoms with van der Waals surface area (Å²) in [4.78, 5) is 21.8. The molecule has 0 radical (unpaired) electrons. The molecule has 3 heteroatoms. The zero-order chi connectivity index (χ0) is 10.5. The summed E-state index contributed by atoms with van der Waals surface area (Å²) in [5.41, 5.74) is -0.168. The molecule has 0 fully saturated rings. The van der Waals surface area contributed by atoms with Crippen LogP contribution in [0, 0.1) is 16.7 Å². The average Bonchev–Trinajstić information content (AvgIpc) is 2.01. The first kappa shape index (κ1) is 11.8. The molecule has 0 saturated heterocycles. The fraction of sp³-hybridized carbons (Fsp3) is 0.700. The smallest absolute Gasteiger partial charge is 0.290 e. The fourth-order valence-corrected chi connectivity index (χ4v) is 1.34. The lowest BCUT2D eigenvalue weighted by atomic mass is 9.82. The molecule has 0 aliphatic heterocycles. The molecule has 0 aliphatic rings. The molecule has 0 unspecified atom stereocenters. The van der Waals surface area contributed by atoms with Crippen LogP contribution in [0.25, 0.3) is 0 Å². The van der Waals surface area contributed by atoms with E-state index in [1.165, 1.54) is 6.07 Å². The van der Waals surface area contributed by atoms with E-state index in [0.29, 0.717) is 0 Å². The van der Waals surface area contributed by atoms with Gasteiger partial charge in [-0.2, -0.15) is 5.26 Å². The number of nitrogens with zero attached hydrogens (tertiary/aromatic N) is 1. The van der Waals surface area contributed by atoms with E-state index < -0.39 is 11.6 Å². The molecule has 0 saturated carbocycles. The van der Waals surface area contributed by atoms with Crippen LogP contribution in [-0.4, -0.2) is 11.6 Å².